The first-order valence-corrected chi connectivity index (χ1v) is 8.91. The molecule has 0 aliphatic carbocycles. The van der Waals surface area contributed by atoms with Gasteiger partial charge in [0.2, 0.25) is 5.91 Å². The van der Waals surface area contributed by atoms with Crippen molar-refractivity contribution >= 4 is 17.5 Å². The molecule has 1 N–H and O–H groups in total. The number of aromatic nitrogens is 1. The van der Waals surface area contributed by atoms with Gasteiger partial charge in [-0.1, -0.05) is 6.08 Å². The van der Waals surface area contributed by atoms with E-state index in [9.17, 15) is 9.59 Å². The van der Waals surface area contributed by atoms with E-state index in [0.29, 0.717) is 18.4 Å². The van der Waals surface area contributed by atoms with Gasteiger partial charge in [-0.15, -0.1) is 6.58 Å². The number of hydrogen-bond acceptors (Lipinski definition) is 3. The van der Waals surface area contributed by atoms with Crippen molar-refractivity contribution in [2.45, 2.75) is 31.7 Å². The van der Waals surface area contributed by atoms with E-state index in [2.05, 4.69) is 16.9 Å². The molecule has 0 saturated carbocycles. The smallest absolute Gasteiger partial charge is 0.251 e. The molecule has 26 heavy (non-hydrogen) atoms. The molecule has 2 heterocycles. The third-order valence-corrected chi connectivity index (χ3v) is 4.58. The van der Waals surface area contributed by atoms with Crippen LogP contribution in [-0.4, -0.2) is 23.3 Å². The van der Waals surface area contributed by atoms with E-state index in [0.717, 1.165) is 30.6 Å². The number of benzene rings is 1. The van der Waals surface area contributed by atoms with Crippen LogP contribution in [0.5, 0.6) is 0 Å². The average Bonchev–Trinajstić information content (AvgIpc) is 2.69. The summed E-state index contributed by atoms with van der Waals surface area (Å²) in [7, 11) is 0. The van der Waals surface area contributed by atoms with Crippen LogP contribution in [0.4, 0.5) is 5.69 Å². The maximum absolute atomic E-state index is 12.6. The van der Waals surface area contributed by atoms with E-state index in [1.807, 2.05) is 24.3 Å². The number of piperidine rings is 1. The summed E-state index contributed by atoms with van der Waals surface area (Å²) in [6.45, 7) is 4.52. The zero-order valence-corrected chi connectivity index (χ0v) is 14.7. The van der Waals surface area contributed by atoms with Gasteiger partial charge in [-0.25, -0.2) is 0 Å². The zero-order valence-electron chi connectivity index (χ0n) is 14.7. The van der Waals surface area contributed by atoms with E-state index in [4.69, 9.17) is 0 Å². The Kier molecular flexibility index (Phi) is 5.79. The molecule has 1 aliphatic rings. The molecule has 1 fully saturated rings. The zero-order chi connectivity index (χ0) is 18.4. The number of amides is 2. The standard InChI is InChI=1S/C21H23N3O2/c1-2-5-19(16-11-13-22-14-12-16)23-21(26)17-7-9-18(10-8-17)24-15-4-3-6-20(24)25/h2,7-14,19H,1,3-6,15H2,(H,23,26)/t19-/m0/s1. The Bertz CT molecular complexity index is 772. The fraction of sp³-hybridized carbons (Fsp3) is 0.286. The Morgan fingerprint density at radius 2 is 1.92 bits per heavy atom. The van der Waals surface area contributed by atoms with Gasteiger partial charge in [-0.3, -0.25) is 14.6 Å². The second-order valence-electron chi connectivity index (χ2n) is 6.38. The minimum Gasteiger partial charge on any atom is -0.345 e. The average molecular weight is 349 g/mol. The van der Waals surface area contributed by atoms with Crippen LogP contribution in [0, 0.1) is 0 Å². The molecule has 1 aliphatic heterocycles. The van der Waals surface area contributed by atoms with Crippen molar-refractivity contribution < 1.29 is 9.59 Å². The predicted molar refractivity (Wildman–Crippen MR) is 102 cm³/mol. The molecule has 2 aromatic rings. The third kappa shape index (κ3) is 4.17. The molecular weight excluding hydrogens is 326 g/mol. The lowest BCUT2D eigenvalue weighted by atomic mass is 10.0. The number of nitrogens with one attached hydrogen (secondary N) is 1. The largest absolute Gasteiger partial charge is 0.345 e. The molecule has 5 nitrogen and oxygen atoms in total. The number of nitrogens with zero attached hydrogens (tertiary/aromatic N) is 2. The van der Waals surface area contributed by atoms with Crippen LogP contribution in [0.2, 0.25) is 0 Å². The highest BCUT2D eigenvalue weighted by molar-refractivity contribution is 5.97. The molecule has 3 rings (SSSR count). The molecule has 1 aromatic carbocycles. The first-order valence-electron chi connectivity index (χ1n) is 8.91. The van der Waals surface area contributed by atoms with Gasteiger partial charge in [0.25, 0.3) is 5.91 Å². The van der Waals surface area contributed by atoms with Crippen LogP contribution in [0.15, 0.2) is 61.4 Å². The second-order valence-corrected chi connectivity index (χ2v) is 6.38. The van der Waals surface area contributed by atoms with Crippen LogP contribution >= 0.6 is 0 Å². The summed E-state index contributed by atoms with van der Waals surface area (Å²) >= 11 is 0. The fourth-order valence-electron chi connectivity index (χ4n) is 3.15. The van der Waals surface area contributed by atoms with Gasteiger partial charge < -0.3 is 10.2 Å². The quantitative estimate of drug-likeness (QED) is 0.810. The topological polar surface area (TPSA) is 62.3 Å². The molecule has 0 spiro atoms. The normalized spacial score (nSPS) is 15.4. The van der Waals surface area contributed by atoms with Crippen molar-refractivity contribution in [2.24, 2.45) is 0 Å². The molecule has 5 heteroatoms. The van der Waals surface area contributed by atoms with E-state index in [1.165, 1.54) is 0 Å². The number of anilines is 1. The highest BCUT2D eigenvalue weighted by Gasteiger charge is 2.20. The summed E-state index contributed by atoms with van der Waals surface area (Å²) in [4.78, 5) is 30.4. The fourth-order valence-corrected chi connectivity index (χ4v) is 3.15. The summed E-state index contributed by atoms with van der Waals surface area (Å²) in [6.07, 6.45) is 8.41. The Morgan fingerprint density at radius 3 is 2.58 bits per heavy atom. The number of pyridine rings is 1. The molecule has 1 atom stereocenters. The van der Waals surface area contributed by atoms with Gasteiger partial charge in [0.05, 0.1) is 6.04 Å². The van der Waals surface area contributed by atoms with Gasteiger partial charge in [0.1, 0.15) is 0 Å². The lowest BCUT2D eigenvalue weighted by Crippen LogP contribution is -2.35. The molecule has 0 bridgehead atoms. The van der Waals surface area contributed by atoms with E-state index in [-0.39, 0.29) is 17.9 Å². The highest BCUT2D eigenvalue weighted by Crippen LogP contribution is 2.22. The Labute approximate surface area is 153 Å². The van der Waals surface area contributed by atoms with Crippen LogP contribution in [-0.2, 0) is 4.79 Å². The van der Waals surface area contributed by atoms with Crippen LogP contribution in [0.1, 0.15) is 47.6 Å². The summed E-state index contributed by atoms with van der Waals surface area (Å²) in [5.74, 6) is 0.00219. The summed E-state index contributed by atoms with van der Waals surface area (Å²) in [5.41, 5.74) is 2.41. The number of rotatable bonds is 6. The lowest BCUT2D eigenvalue weighted by molar-refractivity contribution is -0.119. The molecule has 1 saturated heterocycles. The van der Waals surface area contributed by atoms with Gasteiger partial charge in [0, 0.05) is 36.6 Å². The molecule has 134 valence electrons. The van der Waals surface area contributed by atoms with Crippen molar-refractivity contribution in [1.29, 1.82) is 0 Å². The van der Waals surface area contributed by atoms with Crippen LogP contribution in [0.25, 0.3) is 0 Å². The van der Waals surface area contributed by atoms with Gasteiger partial charge in [-0.05, 0) is 61.2 Å². The van der Waals surface area contributed by atoms with Crippen molar-refractivity contribution in [3.63, 3.8) is 0 Å². The predicted octanol–water partition coefficient (Wildman–Crippen LogP) is 3.65. The van der Waals surface area contributed by atoms with E-state index < -0.39 is 0 Å². The number of hydrogen-bond donors (Lipinski definition) is 1. The van der Waals surface area contributed by atoms with Gasteiger partial charge >= 0.3 is 0 Å². The summed E-state index contributed by atoms with van der Waals surface area (Å²) < 4.78 is 0. The minimum absolute atomic E-state index is 0.147. The maximum Gasteiger partial charge on any atom is 0.251 e. The number of carbonyl (C=O) groups is 2. The summed E-state index contributed by atoms with van der Waals surface area (Å²) in [6, 6.07) is 10.8. The summed E-state index contributed by atoms with van der Waals surface area (Å²) in [5, 5.41) is 3.04. The first kappa shape index (κ1) is 17.9. The molecule has 2 amide bonds. The van der Waals surface area contributed by atoms with Crippen molar-refractivity contribution in [3.8, 4) is 0 Å². The Hall–Kier alpha value is -2.95. The van der Waals surface area contributed by atoms with Crippen molar-refractivity contribution in [1.82, 2.24) is 10.3 Å². The molecule has 0 radical (unpaired) electrons. The molecule has 0 unspecified atom stereocenters. The monoisotopic (exact) mass is 349 g/mol. The minimum atomic E-state index is -0.148. The van der Waals surface area contributed by atoms with Crippen LogP contribution < -0.4 is 10.2 Å². The molecule has 1 aromatic heterocycles. The number of carbonyl (C=O) groups excluding carboxylic acids is 2. The Morgan fingerprint density at radius 1 is 1.19 bits per heavy atom. The first-order chi connectivity index (χ1) is 12.7. The van der Waals surface area contributed by atoms with E-state index in [1.54, 1.807) is 35.5 Å². The highest BCUT2D eigenvalue weighted by atomic mass is 16.2. The third-order valence-electron chi connectivity index (χ3n) is 4.58. The van der Waals surface area contributed by atoms with Crippen LogP contribution in [0.3, 0.4) is 0 Å². The van der Waals surface area contributed by atoms with Crippen molar-refractivity contribution in [2.75, 3.05) is 11.4 Å². The Balaban J connectivity index is 1.71. The van der Waals surface area contributed by atoms with Gasteiger partial charge in [-0.2, -0.15) is 0 Å². The maximum atomic E-state index is 12.6. The lowest BCUT2D eigenvalue weighted by Gasteiger charge is -2.27. The second kappa shape index (κ2) is 8.43. The van der Waals surface area contributed by atoms with Gasteiger partial charge in [0.15, 0.2) is 0 Å². The van der Waals surface area contributed by atoms with E-state index >= 15 is 0 Å². The SMILES string of the molecule is C=CC[C@H](NC(=O)c1ccc(N2CCCCC2=O)cc1)c1ccncc1. The van der Waals surface area contributed by atoms with Crippen molar-refractivity contribution in [3.05, 3.63) is 72.6 Å². The molecular formula is C21H23N3O2.